The molecule has 1 aliphatic heterocycles. The van der Waals surface area contributed by atoms with Gasteiger partial charge in [-0.1, -0.05) is 29.4 Å². The van der Waals surface area contributed by atoms with E-state index in [1.807, 2.05) is 0 Å². The minimum Gasteiger partial charge on any atom is -0.493 e. The number of anilines is 1. The van der Waals surface area contributed by atoms with E-state index in [1.54, 1.807) is 12.1 Å². The zero-order chi connectivity index (χ0) is 22.8. The van der Waals surface area contributed by atoms with Crippen LogP contribution in [0, 0.1) is 0 Å². The van der Waals surface area contributed by atoms with Gasteiger partial charge in [-0.15, -0.1) is 0 Å². The number of aromatic carboxylic acids is 1. The van der Waals surface area contributed by atoms with Gasteiger partial charge in [0.05, 0.1) is 23.1 Å². The van der Waals surface area contributed by atoms with Crippen LogP contribution < -0.4 is 10.9 Å². The summed E-state index contributed by atoms with van der Waals surface area (Å²) >= 11 is 7.49. The summed E-state index contributed by atoms with van der Waals surface area (Å²) in [5, 5.41) is 22.3. The number of halogens is 1. The number of aromatic nitrogens is 4. The Hall–Kier alpha value is -3.44. The standard InChI is InChI=1S/C20H16ClN5O5S/c21-16-10(4-3-5-12(16)32-14-9-22-8-11(23-14)20(30)31)24-17(27)15-18(28)25-13-6-1-2-7-26(13)19(15)29/h3-5,8-9,28H,1-2,6-7H2,(H,24,27)(H,30,31). The first-order chi connectivity index (χ1) is 15.3. The first-order valence-electron chi connectivity index (χ1n) is 9.51. The highest BCUT2D eigenvalue weighted by Crippen LogP contribution is 2.36. The van der Waals surface area contributed by atoms with Gasteiger partial charge in [-0.05, 0) is 25.0 Å². The summed E-state index contributed by atoms with van der Waals surface area (Å²) in [4.78, 5) is 49.0. The number of hydrogen-bond acceptors (Lipinski definition) is 8. The smallest absolute Gasteiger partial charge is 0.356 e. The molecule has 0 unspecified atom stereocenters. The summed E-state index contributed by atoms with van der Waals surface area (Å²) in [7, 11) is 0. The number of carboxylic acids is 1. The van der Waals surface area contributed by atoms with Gasteiger partial charge in [0.1, 0.15) is 10.9 Å². The zero-order valence-corrected chi connectivity index (χ0v) is 18.0. The largest absolute Gasteiger partial charge is 0.493 e. The van der Waals surface area contributed by atoms with E-state index in [0.717, 1.165) is 30.8 Å². The van der Waals surface area contributed by atoms with Crippen molar-refractivity contribution in [3.8, 4) is 5.88 Å². The van der Waals surface area contributed by atoms with Gasteiger partial charge < -0.3 is 15.5 Å². The molecule has 0 spiro atoms. The van der Waals surface area contributed by atoms with Crippen molar-refractivity contribution in [1.29, 1.82) is 0 Å². The van der Waals surface area contributed by atoms with Gasteiger partial charge in [-0.3, -0.25) is 19.1 Å². The second-order valence-electron chi connectivity index (χ2n) is 6.86. The zero-order valence-electron chi connectivity index (χ0n) is 16.4. The molecule has 3 aromatic rings. The number of nitrogens with zero attached hydrogens (tertiary/aromatic N) is 4. The maximum Gasteiger partial charge on any atom is 0.356 e. The molecular formula is C20H16ClN5O5S. The van der Waals surface area contributed by atoms with Crippen molar-refractivity contribution in [3.63, 3.8) is 0 Å². The Kier molecular flexibility index (Phi) is 6.10. The molecular weight excluding hydrogens is 458 g/mol. The lowest BCUT2D eigenvalue weighted by Gasteiger charge is -2.18. The summed E-state index contributed by atoms with van der Waals surface area (Å²) < 4.78 is 1.40. The maximum atomic E-state index is 12.8. The number of amides is 1. The van der Waals surface area contributed by atoms with Gasteiger partial charge in [-0.2, -0.15) is 4.98 Å². The summed E-state index contributed by atoms with van der Waals surface area (Å²) in [6, 6.07) is 4.81. The SMILES string of the molecule is O=C(O)c1cncc(Sc2cccc(NC(=O)c3c(O)nc4n(c3=O)CCCC4)c2Cl)n1. The molecule has 3 N–H and O–H groups in total. The molecule has 0 saturated heterocycles. The molecule has 0 atom stereocenters. The molecule has 0 fully saturated rings. The van der Waals surface area contributed by atoms with E-state index < -0.39 is 28.9 Å². The monoisotopic (exact) mass is 473 g/mol. The summed E-state index contributed by atoms with van der Waals surface area (Å²) in [5.41, 5.74) is -1.08. The molecule has 10 nitrogen and oxygen atoms in total. The first-order valence-corrected chi connectivity index (χ1v) is 10.7. The maximum absolute atomic E-state index is 12.8. The third kappa shape index (κ3) is 4.30. The predicted octanol–water partition coefficient (Wildman–Crippen LogP) is 2.83. The number of nitrogens with one attached hydrogen (secondary N) is 1. The van der Waals surface area contributed by atoms with Crippen molar-refractivity contribution < 1.29 is 19.8 Å². The first kappa shape index (κ1) is 21.8. The summed E-state index contributed by atoms with van der Waals surface area (Å²) in [6.45, 7) is 0.436. The van der Waals surface area contributed by atoms with Crippen LogP contribution in [0.3, 0.4) is 0 Å². The number of benzene rings is 1. The van der Waals surface area contributed by atoms with Crippen LogP contribution >= 0.6 is 23.4 Å². The van der Waals surface area contributed by atoms with Gasteiger partial charge in [0.2, 0.25) is 5.88 Å². The lowest BCUT2D eigenvalue weighted by atomic mass is 10.1. The Bertz CT molecular complexity index is 1300. The van der Waals surface area contributed by atoms with Gasteiger partial charge in [0.15, 0.2) is 11.3 Å². The number of aryl methyl sites for hydroxylation is 1. The van der Waals surface area contributed by atoms with Crippen molar-refractivity contribution in [2.45, 2.75) is 35.7 Å². The molecule has 0 bridgehead atoms. The van der Waals surface area contributed by atoms with Crippen molar-refractivity contribution in [2.24, 2.45) is 0 Å². The van der Waals surface area contributed by atoms with E-state index in [9.17, 15) is 19.5 Å². The van der Waals surface area contributed by atoms with Crippen molar-refractivity contribution in [1.82, 2.24) is 19.5 Å². The van der Waals surface area contributed by atoms with Crippen LogP contribution in [0.4, 0.5) is 5.69 Å². The molecule has 1 aliphatic rings. The van der Waals surface area contributed by atoms with Gasteiger partial charge in [0, 0.05) is 17.9 Å². The average Bonchev–Trinajstić information content (AvgIpc) is 2.77. The quantitative estimate of drug-likeness (QED) is 0.508. The number of hydrogen-bond donors (Lipinski definition) is 3. The number of aromatic hydroxyl groups is 1. The van der Waals surface area contributed by atoms with Gasteiger partial charge >= 0.3 is 5.97 Å². The molecule has 0 radical (unpaired) electrons. The molecule has 0 aliphatic carbocycles. The molecule has 32 heavy (non-hydrogen) atoms. The van der Waals surface area contributed by atoms with E-state index >= 15 is 0 Å². The molecule has 1 amide bonds. The van der Waals surface area contributed by atoms with Crippen molar-refractivity contribution in [3.05, 3.63) is 63.1 Å². The number of fused-ring (bicyclic) bond motifs is 1. The Morgan fingerprint density at radius 3 is 2.78 bits per heavy atom. The molecule has 4 rings (SSSR count). The molecule has 164 valence electrons. The highest BCUT2D eigenvalue weighted by molar-refractivity contribution is 7.99. The Morgan fingerprint density at radius 1 is 1.19 bits per heavy atom. The number of carbonyl (C=O) groups excluding carboxylic acids is 1. The third-order valence-corrected chi connectivity index (χ3v) is 6.23. The Labute approximate surface area is 190 Å². The fourth-order valence-electron chi connectivity index (χ4n) is 3.24. The van der Waals surface area contributed by atoms with E-state index in [4.69, 9.17) is 16.7 Å². The van der Waals surface area contributed by atoms with Crippen molar-refractivity contribution in [2.75, 3.05) is 5.32 Å². The molecule has 0 saturated carbocycles. The minimum absolute atomic E-state index is 0.152. The summed E-state index contributed by atoms with van der Waals surface area (Å²) in [5.74, 6) is -2.21. The van der Waals surface area contributed by atoms with Crippen LogP contribution in [0.15, 0.2) is 45.3 Å². The Balaban J connectivity index is 1.61. The average molecular weight is 474 g/mol. The molecule has 1 aromatic carbocycles. The van der Waals surface area contributed by atoms with Gasteiger partial charge in [-0.25, -0.2) is 9.78 Å². The topological polar surface area (TPSA) is 147 Å². The van der Waals surface area contributed by atoms with Crippen LogP contribution in [0.25, 0.3) is 0 Å². The van der Waals surface area contributed by atoms with Crippen LogP contribution in [0.2, 0.25) is 5.02 Å². The fraction of sp³-hybridized carbons (Fsp3) is 0.200. The second-order valence-corrected chi connectivity index (χ2v) is 8.30. The van der Waals surface area contributed by atoms with Crippen LogP contribution in [-0.2, 0) is 13.0 Å². The van der Waals surface area contributed by atoms with Crippen molar-refractivity contribution >= 4 is 40.9 Å². The second kappa shape index (κ2) is 8.97. The Morgan fingerprint density at radius 2 is 2.00 bits per heavy atom. The predicted molar refractivity (Wildman–Crippen MR) is 116 cm³/mol. The molecule has 3 heterocycles. The summed E-state index contributed by atoms with van der Waals surface area (Å²) in [6.07, 6.45) is 4.72. The lowest BCUT2D eigenvalue weighted by molar-refractivity contribution is 0.0689. The van der Waals surface area contributed by atoms with Crippen LogP contribution in [0.1, 0.15) is 39.5 Å². The molecule has 12 heteroatoms. The third-order valence-electron chi connectivity index (χ3n) is 4.75. The number of rotatable bonds is 5. The highest BCUT2D eigenvalue weighted by atomic mass is 35.5. The van der Waals surface area contributed by atoms with E-state index in [-0.39, 0.29) is 16.4 Å². The van der Waals surface area contributed by atoms with Crippen LogP contribution in [0.5, 0.6) is 5.88 Å². The van der Waals surface area contributed by atoms with E-state index in [2.05, 4.69) is 20.3 Å². The fourth-order valence-corrected chi connectivity index (χ4v) is 4.36. The number of carboxylic acid groups (broad SMARTS) is 1. The highest BCUT2D eigenvalue weighted by Gasteiger charge is 2.24. The lowest BCUT2D eigenvalue weighted by Crippen LogP contribution is -2.34. The van der Waals surface area contributed by atoms with Gasteiger partial charge in [0.25, 0.3) is 11.5 Å². The molecule has 2 aromatic heterocycles. The van der Waals surface area contributed by atoms with Crippen LogP contribution in [-0.4, -0.2) is 41.6 Å². The van der Waals surface area contributed by atoms with E-state index in [1.165, 1.54) is 16.8 Å². The normalized spacial score (nSPS) is 12.8. The number of carbonyl (C=O) groups is 2. The van der Waals surface area contributed by atoms with E-state index in [0.29, 0.717) is 28.7 Å². The minimum atomic E-state index is -1.21.